The number of hydrogen-bond donors (Lipinski definition) is 1. The molecule has 21 heavy (non-hydrogen) atoms. The molecular formula is C15H18N2O3S. The first kappa shape index (κ1) is 15.5. The number of benzene rings is 1. The van der Waals surface area contributed by atoms with Gasteiger partial charge in [0.2, 0.25) is 15.9 Å². The molecule has 6 heteroatoms. The summed E-state index contributed by atoms with van der Waals surface area (Å²) in [6.07, 6.45) is 2.72. The molecule has 0 aliphatic carbocycles. The zero-order valence-corrected chi connectivity index (χ0v) is 13.1. The molecule has 0 unspecified atom stereocenters. The number of pyridine rings is 1. The van der Waals surface area contributed by atoms with Crippen LogP contribution in [0, 0.1) is 13.8 Å². The number of sulfonamides is 1. The topological polar surface area (TPSA) is 68.3 Å². The van der Waals surface area contributed by atoms with E-state index >= 15 is 0 Å². The molecule has 0 fully saturated rings. The number of aryl methyl sites for hydroxylation is 2. The first-order valence-electron chi connectivity index (χ1n) is 6.48. The van der Waals surface area contributed by atoms with Crippen LogP contribution in [0.2, 0.25) is 0 Å². The van der Waals surface area contributed by atoms with Crippen molar-refractivity contribution < 1.29 is 13.2 Å². The Morgan fingerprint density at radius 3 is 2.57 bits per heavy atom. The van der Waals surface area contributed by atoms with Gasteiger partial charge in [-0.15, -0.1) is 0 Å². The highest BCUT2D eigenvalue weighted by molar-refractivity contribution is 7.88. The van der Waals surface area contributed by atoms with Crippen LogP contribution in [0.1, 0.15) is 16.7 Å². The van der Waals surface area contributed by atoms with Gasteiger partial charge in [0.25, 0.3) is 0 Å². The maximum Gasteiger partial charge on any atom is 0.219 e. The van der Waals surface area contributed by atoms with Crippen LogP contribution in [0.15, 0.2) is 36.5 Å². The van der Waals surface area contributed by atoms with Gasteiger partial charge in [-0.3, -0.25) is 0 Å². The summed E-state index contributed by atoms with van der Waals surface area (Å²) >= 11 is 0. The van der Waals surface area contributed by atoms with Crippen molar-refractivity contribution in [1.29, 1.82) is 0 Å². The summed E-state index contributed by atoms with van der Waals surface area (Å²) in [6, 6.07) is 9.27. The van der Waals surface area contributed by atoms with Gasteiger partial charge in [0.1, 0.15) is 5.75 Å². The Morgan fingerprint density at radius 1 is 1.14 bits per heavy atom. The molecule has 0 spiro atoms. The SMILES string of the molecule is Cc1ccc(Oc2cc(CNS(C)(=O)=O)ccn2)cc1C. The normalized spacial score (nSPS) is 11.4. The van der Waals surface area contributed by atoms with Crippen molar-refractivity contribution in [2.24, 2.45) is 0 Å². The minimum Gasteiger partial charge on any atom is -0.439 e. The molecule has 0 saturated heterocycles. The summed E-state index contributed by atoms with van der Waals surface area (Å²) in [5.74, 6) is 1.14. The smallest absolute Gasteiger partial charge is 0.219 e. The van der Waals surface area contributed by atoms with Crippen molar-refractivity contribution in [1.82, 2.24) is 9.71 Å². The minimum absolute atomic E-state index is 0.213. The fourth-order valence-electron chi connectivity index (χ4n) is 1.73. The van der Waals surface area contributed by atoms with Gasteiger partial charge < -0.3 is 4.74 Å². The lowest BCUT2D eigenvalue weighted by atomic mass is 10.1. The molecule has 0 radical (unpaired) electrons. The molecule has 0 bridgehead atoms. The molecule has 1 heterocycles. The second kappa shape index (κ2) is 6.24. The van der Waals surface area contributed by atoms with E-state index in [1.165, 1.54) is 5.56 Å². The van der Waals surface area contributed by atoms with Crippen molar-refractivity contribution >= 4 is 10.0 Å². The van der Waals surface area contributed by atoms with E-state index < -0.39 is 10.0 Å². The third-order valence-electron chi connectivity index (χ3n) is 3.04. The lowest BCUT2D eigenvalue weighted by Gasteiger charge is -2.08. The average Bonchev–Trinajstić information content (AvgIpc) is 2.40. The largest absolute Gasteiger partial charge is 0.439 e. The number of nitrogens with one attached hydrogen (secondary N) is 1. The zero-order valence-electron chi connectivity index (χ0n) is 12.3. The van der Waals surface area contributed by atoms with Crippen molar-refractivity contribution in [3.05, 3.63) is 53.2 Å². The first-order valence-corrected chi connectivity index (χ1v) is 8.37. The summed E-state index contributed by atoms with van der Waals surface area (Å²) in [4.78, 5) is 4.13. The van der Waals surface area contributed by atoms with Gasteiger partial charge in [0.15, 0.2) is 0 Å². The maximum atomic E-state index is 11.1. The van der Waals surface area contributed by atoms with Crippen LogP contribution < -0.4 is 9.46 Å². The summed E-state index contributed by atoms with van der Waals surface area (Å²) in [6.45, 7) is 4.27. The van der Waals surface area contributed by atoms with Gasteiger partial charge in [-0.05, 0) is 48.7 Å². The predicted molar refractivity (Wildman–Crippen MR) is 81.9 cm³/mol. The van der Waals surface area contributed by atoms with Crippen LogP contribution in [-0.2, 0) is 16.6 Å². The van der Waals surface area contributed by atoms with E-state index in [4.69, 9.17) is 4.74 Å². The second-order valence-electron chi connectivity index (χ2n) is 4.94. The van der Waals surface area contributed by atoms with Gasteiger partial charge >= 0.3 is 0 Å². The Bertz CT molecular complexity index is 742. The Hall–Kier alpha value is -1.92. The number of nitrogens with zero attached hydrogens (tertiary/aromatic N) is 1. The standard InChI is InChI=1S/C15H18N2O3S/c1-11-4-5-14(8-12(11)2)20-15-9-13(6-7-16-15)10-17-21(3,18)19/h4-9,17H,10H2,1-3H3. The minimum atomic E-state index is -3.22. The number of rotatable bonds is 5. The molecule has 0 atom stereocenters. The fourth-order valence-corrected chi connectivity index (χ4v) is 2.16. The van der Waals surface area contributed by atoms with Gasteiger partial charge in [-0.1, -0.05) is 6.07 Å². The van der Waals surface area contributed by atoms with Gasteiger partial charge in [0, 0.05) is 18.8 Å². The lowest BCUT2D eigenvalue weighted by Crippen LogP contribution is -2.21. The molecule has 112 valence electrons. The number of ether oxygens (including phenoxy) is 1. The van der Waals surface area contributed by atoms with Gasteiger partial charge in [0.05, 0.1) is 6.26 Å². The highest BCUT2D eigenvalue weighted by Gasteiger charge is 2.04. The molecule has 5 nitrogen and oxygen atoms in total. The first-order chi connectivity index (χ1) is 9.83. The van der Waals surface area contributed by atoms with Crippen molar-refractivity contribution in [2.75, 3.05) is 6.26 Å². The summed E-state index contributed by atoms with van der Waals surface area (Å²) in [7, 11) is -3.22. The Balaban J connectivity index is 2.12. The molecule has 1 N–H and O–H groups in total. The predicted octanol–water partition coefficient (Wildman–Crippen LogP) is 2.54. The Kier molecular flexibility index (Phi) is 4.59. The van der Waals surface area contributed by atoms with Crippen LogP contribution in [0.5, 0.6) is 11.6 Å². The highest BCUT2D eigenvalue weighted by atomic mass is 32.2. The molecule has 0 aliphatic heterocycles. The zero-order chi connectivity index (χ0) is 15.5. The average molecular weight is 306 g/mol. The van der Waals surface area contributed by atoms with E-state index in [0.717, 1.165) is 17.4 Å². The fraction of sp³-hybridized carbons (Fsp3) is 0.267. The van der Waals surface area contributed by atoms with Crippen LogP contribution in [0.4, 0.5) is 0 Å². The van der Waals surface area contributed by atoms with Crippen molar-refractivity contribution in [3.8, 4) is 11.6 Å². The van der Waals surface area contributed by atoms with E-state index in [0.29, 0.717) is 11.6 Å². The van der Waals surface area contributed by atoms with E-state index in [1.807, 2.05) is 32.0 Å². The number of hydrogen-bond acceptors (Lipinski definition) is 4. The molecular weight excluding hydrogens is 288 g/mol. The molecule has 2 aromatic rings. The van der Waals surface area contributed by atoms with Crippen LogP contribution in [-0.4, -0.2) is 19.7 Å². The van der Waals surface area contributed by atoms with Gasteiger partial charge in [-0.25, -0.2) is 18.1 Å². The van der Waals surface area contributed by atoms with Crippen LogP contribution in [0.3, 0.4) is 0 Å². The molecule has 0 saturated carbocycles. The number of aromatic nitrogens is 1. The van der Waals surface area contributed by atoms with Crippen molar-refractivity contribution in [2.45, 2.75) is 20.4 Å². The lowest BCUT2D eigenvalue weighted by molar-refractivity contribution is 0.461. The van der Waals surface area contributed by atoms with E-state index in [9.17, 15) is 8.42 Å². The molecule has 0 amide bonds. The molecule has 1 aromatic carbocycles. The third-order valence-corrected chi connectivity index (χ3v) is 3.71. The molecule has 0 aliphatic rings. The van der Waals surface area contributed by atoms with E-state index in [-0.39, 0.29) is 6.54 Å². The Morgan fingerprint density at radius 2 is 1.90 bits per heavy atom. The van der Waals surface area contributed by atoms with Crippen LogP contribution in [0.25, 0.3) is 0 Å². The summed E-state index contributed by atoms with van der Waals surface area (Å²) in [5, 5.41) is 0. The summed E-state index contributed by atoms with van der Waals surface area (Å²) in [5.41, 5.74) is 3.12. The van der Waals surface area contributed by atoms with Crippen LogP contribution >= 0.6 is 0 Å². The monoisotopic (exact) mass is 306 g/mol. The molecule has 2 rings (SSSR count). The Labute approximate surface area is 125 Å². The maximum absolute atomic E-state index is 11.1. The van der Waals surface area contributed by atoms with E-state index in [1.54, 1.807) is 18.3 Å². The quantitative estimate of drug-likeness (QED) is 0.921. The van der Waals surface area contributed by atoms with E-state index in [2.05, 4.69) is 9.71 Å². The summed E-state index contributed by atoms with van der Waals surface area (Å²) < 4.78 is 30.3. The third kappa shape index (κ3) is 4.84. The van der Waals surface area contributed by atoms with Gasteiger partial charge in [-0.2, -0.15) is 0 Å². The molecule has 1 aromatic heterocycles. The highest BCUT2D eigenvalue weighted by Crippen LogP contribution is 2.22. The van der Waals surface area contributed by atoms with Crippen molar-refractivity contribution in [3.63, 3.8) is 0 Å². The second-order valence-corrected chi connectivity index (χ2v) is 6.78.